The van der Waals surface area contributed by atoms with Gasteiger partial charge in [0.25, 0.3) is 0 Å². The molecule has 3 heteroatoms. The van der Waals surface area contributed by atoms with Gasteiger partial charge in [-0.15, -0.1) is 11.8 Å². The average molecular weight is 281 g/mol. The summed E-state index contributed by atoms with van der Waals surface area (Å²) in [6, 6.07) is 16.0. The van der Waals surface area contributed by atoms with Gasteiger partial charge in [0.2, 0.25) is 0 Å². The molecule has 1 aromatic heterocycles. The van der Waals surface area contributed by atoms with Gasteiger partial charge in [-0.25, -0.2) is 0 Å². The molecule has 20 heavy (non-hydrogen) atoms. The van der Waals surface area contributed by atoms with Crippen molar-refractivity contribution in [3.63, 3.8) is 0 Å². The summed E-state index contributed by atoms with van der Waals surface area (Å²) < 4.78 is 0. The Hall–Kier alpha value is -1.84. The molecule has 2 nitrogen and oxygen atoms in total. The summed E-state index contributed by atoms with van der Waals surface area (Å²) in [5, 5.41) is 12.8. The Balaban J connectivity index is 2.15. The molecule has 3 aromatic rings. The third-order valence-electron chi connectivity index (χ3n) is 3.43. The molecule has 1 atom stereocenters. The van der Waals surface area contributed by atoms with Gasteiger partial charge in [-0.2, -0.15) is 0 Å². The minimum atomic E-state index is -0.655. The molecule has 3 rings (SSSR count). The van der Waals surface area contributed by atoms with Crippen LogP contribution in [0.1, 0.15) is 17.2 Å². The molecule has 0 fully saturated rings. The molecule has 0 bridgehead atoms. The number of rotatable bonds is 3. The highest BCUT2D eigenvalue weighted by molar-refractivity contribution is 7.98. The number of aromatic nitrogens is 1. The van der Waals surface area contributed by atoms with Crippen molar-refractivity contribution >= 4 is 22.5 Å². The van der Waals surface area contributed by atoms with E-state index in [4.69, 9.17) is 0 Å². The van der Waals surface area contributed by atoms with Crippen molar-refractivity contribution < 1.29 is 5.11 Å². The molecule has 0 saturated carbocycles. The number of nitrogens with zero attached hydrogens (tertiary/aromatic N) is 1. The molecule has 0 aliphatic heterocycles. The Morgan fingerprint density at radius 3 is 2.55 bits per heavy atom. The van der Waals surface area contributed by atoms with Crippen LogP contribution in [0.15, 0.2) is 65.8 Å². The van der Waals surface area contributed by atoms with Gasteiger partial charge < -0.3 is 5.11 Å². The Kier molecular flexibility index (Phi) is 3.72. The molecule has 0 spiro atoms. The predicted octanol–water partition coefficient (Wildman–Crippen LogP) is 4.04. The lowest BCUT2D eigenvalue weighted by Gasteiger charge is -2.16. The van der Waals surface area contributed by atoms with Crippen LogP contribution in [0.4, 0.5) is 0 Å². The van der Waals surface area contributed by atoms with E-state index >= 15 is 0 Å². The van der Waals surface area contributed by atoms with Gasteiger partial charge in [-0.3, -0.25) is 4.98 Å². The van der Waals surface area contributed by atoms with Gasteiger partial charge in [0.15, 0.2) is 0 Å². The molecule has 2 aromatic carbocycles. The number of pyridine rings is 1. The van der Waals surface area contributed by atoms with Gasteiger partial charge >= 0.3 is 0 Å². The average Bonchev–Trinajstić information content (AvgIpc) is 2.53. The first-order valence-electron chi connectivity index (χ1n) is 6.45. The van der Waals surface area contributed by atoms with E-state index in [2.05, 4.69) is 4.98 Å². The lowest BCUT2D eigenvalue weighted by molar-refractivity contribution is 0.218. The first-order chi connectivity index (χ1) is 9.81. The number of benzene rings is 2. The second-order valence-electron chi connectivity index (χ2n) is 4.59. The molecule has 0 amide bonds. The number of fused-ring (bicyclic) bond motifs is 1. The largest absolute Gasteiger partial charge is 0.384 e. The van der Waals surface area contributed by atoms with Crippen LogP contribution < -0.4 is 0 Å². The molecule has 0 saturated heterocycles. The summed E-state index contributed by atoms with van der Waals surface area (Å²) >= 11 is 1.64. The third-order valence-corrected chi connectivity index (χ3v) is 4.24. The van der Waals surface area contributed by atoms with Gasteiger partial charge in [-0.05, 0) is 23.3 Å². The topological polar surface area (TPSA) is 33.1 Å². The van der Waals surface area contributed by atoms with Gasteiger partial charge in [-0.1, -0.05) is 42.5 Å². The van der Waals surface area contributed by atoms with Crippen LogP contribution in [0.5, 0.6) is 0 Å². The van der Waals surface area contributed by atoms with E-state index in [-0.39, 0.29) is 0 Å². The highest BCUT2D eigenvalue weighted by Gasteiger charge is 2.16. The number of aliphatic hydroxyl groups excluding tert-OH is 1. The molecular weight excluding hydrogens is 266 g/mol. The van der Waals surface area contributed by atoms with Crippen LogP contribution in [0, 0.1) is 0 Å². The standard InChI is InChI=1S/C17H15NOS/c1-20-16-9-5-4-8-14(16)17(19)15-11-18-10-12-6-2-3-7-13(12)15/h2-11,17,19H,1H3. The van der Waals surface area contributed by atoms with Crippen molar-refractivity contribution in [1.82, 2.24) is 4.98 Å². The van der Waals surface area contributed by atoms with Crippen molar-refractivity contribution in [1.29, 1.82) is 0 Å². The van der Waals surface area contributed by atoms with E-state index in [1.165, 1.54) is 0 Å². The fourth-order valence-electron chi connectivity index (χ4n) is 2.42. The van der Waals surface area contributed by atoms with Crippen molar-refractivity contribution in [3.05, 3.63) is 72.1 Å². The number of aliphatic hydroxyl groups is 1. The maximum Gasteiger partial charge on any atom is 0.107 e. The number of hydrogen-bond acceptors (Lipinski definition) is 3. The van der Waals surface area contributed by atoms with Crippen LogP contribution in [0.3, 0.4) is 0 Å². The van der Waals surface area contributed by atoms with Crippen molar-refractivity contribution in [2.24, 2.45) is 0 Å². The Labute approximate surface area is 122 Å². The molecule has 100 valence electrons. The number of thioether (sulfide) groups is 1. The van der Waals surface area contributed by atoms with E-state index in [0.717, 1.165) is 26.8 Å². The smallest absolute Gasteiger partial charge is 0.107 e. The molecule has 0 radical (unpaired) electrons. The second-order valence-corrected chi connectivity index (χ2v) is 5.44. The fourth-order valence-corrected chi connectivity index (χ4v) is 3.05. The Morgan fingerprint density at radius 1 is 0.950 bits per heavy atom. The maximum absolute atomic E-state index is 10.7. The highest BCUT2D eigenvalue weighted by atomic mass is 32.2. The first kappa shape index (κ1) is 13.2. The SMILES string of the molecule is CSc1ccccc1C(O)c1cncc2ccccc12. The minimum absolute atomic E-state index is 0.655. The fraction of sp³-hybridized carbons (Fsp3) is 0.118. The van der Waals surface area contributed by atoms with Crippen LogP contribution in [-0.2, 0) is 0 Å². The second kappa shape index (κ2) is 5.65. The maximum atomic E-state index is 10.7. The van der Waals surface area contributed by atoms with E-state index in [1.54, 1.807) is 18.0 Å². The summed E-state index contributed by atoms with van der Waals surface area (Å²) in [6.07, 6.45) is 4.94. The summed E-state index contributed by atoms with van der Waals surface area (Å²) in [5.41, 5.74) is 1.78. The first-order valence-corrected chi connectivity index (χ1v) is 7.67. The third kappa shape index (κ3) is 2.30. The van der Waals surface area contributed by atoms with Crippen molar-refractivity contribution in [2.75, 3.05) is 6.26 Å². The quantitative estimate of drug-likeness (QED) is 0.736. The van der Waals surface area contributed by atoms with Crippen LogP contribution in [0.2, 0.25) is 0 Å². The van der Waals surface area contributed by atoms with E-state index in [0.29, 0.717) is 0 Å². The normalized spacial score (nSPS) is 12.5. The number of hydrogen-bond donors (Lipinski definition) is 1. The minimum Gasteiger partial charge on any atom is -0.384 e. The summed E-state index contributed by atoms with van der Waals surface area (Å²) in [7, 11) is 0. The van der Waals surface area contributed by atoms with E-state index in [9.17, 15) is 5.11 Å². The lowest BCUT2D eigenvalue weighted by atomic mass is 9.98. The summed E-state index contributed by atoms with van der Waals surface area (Å²) in [6.45, 7) is 0. The monoisotopic (exact) mass is 281 g/mol. The molecular formula is C17H15NOS. The van der Waals surface area contributed by atoms with Gasteiger partial charge in [0.1, 0.15) is 6.10 Å². The highest BCUT2D eigenvalue weighted by Crippen LogP contribution is 2.32. The Bertz CT molecular complexity index is 736. The predicted molar refractivity (Wildman–Crippen MR) is 84.0 cm³/mol. The summed E-state index contributed by atoms with van der Waals surface area (Å²) in [5.74, 6) is 0. The molecule has 0 aliphatic rings. The zero-order valence-corrected chi connectivity index (χ0v) is 12.0. The van der Waals surface area contributed by atoms with Crippen LogP contribution in [0.25, 0.3) is 10.8 Å². The van der Waals surface area contributed by atoms with Crippen LogP contribution in [-0.4, -0.2) is 16.3 Å². The lowest BCUT2D eigenvalue weighted by Crippen LogP contribution is -2.02. The van der Waals surface area contributed by atoms with E-state index in [1.807, 2.05) is 61.0 Å². The molecule has 1 unspecified atom stereocenters. The van der Waals surface area contributed by atoms with Crippen LogP contribution >= 0.6 is 11.8 Å². The zero-order valence-electron chi connectivity index (χ0n) is 11.2. The molecule has 0 aliphatic carbocycles. The molecule has 1 heterocycles. The molecule has 1 N–H and O–H groups in total. The van der Waals surface area contributed by atoms with Gasteiger partial charge in [0.05, 0.1) is 0 Å². The van der Waals surface area contributed by atoms with Gasteiger partial charge in [0, 0.05) is 28.2 Å². The summed E-state index contributed by atoms with van der Waals surface area (Å²) in [4.78, 5) is 5.34. The van der Waals surface area contributed by atoms with Crippen molar-refractivity contribution in [3.8, 4) is 0 Å². The van der Waals surface area contributed by atoms with E-state index < -0.39 is 6.10 Å². The Morgan fingerprint density at radius 2 is 1.70 bits per heavy atom. The zero-order chi connectivity index (χ0) is 13.9. The van der Waals surface area contributed by atoms with Crippen molar-refractivity contribution in [2.45, 2.75) is 11.0 Å².